The highest BCUT2D eigenvalue weighted by atomic mass is 19.1. The molecule has 23 heavy (non-hydrogen) atoms. The first-order valence-corrected chi connectivity index (χ1v) is 7.32. The van der Waals surface area contributed by atoms with Crippen LogP contribution in [0.25, 0.3) is 0 Å². The van der Waals surface area contributed by atoms with Gasteiger partial charge in [0.1, 0.15) is 19.0 Å². The molecule has 4 nitrogen and oxygen atoms in total. The molecule has 0 radical (unpaired) electrons. The van der Waals surface area contributed by atoms with Crippen LogP contribution in [-0.4, -0.2) is 38.1 Å². The third-order valence-electron chi connectivity index (χ3n) is 3.62. The van der Waals surface area contributed by atoms with E-state index in [-0.39, 0.29) is 37.0 Å². The van der Waals surface area contributed by atoms with Crippen LogP contribution in [0.2, 0.25) is 0 Å². The highest BCUT2D eigenvalue weighted by Crippen LogP contribution is 2.33. The highest BCUT2D eigenvalue weighted by molar-refractivity contribution is 6.29. The summed E-state index contributed by atoms with van der Waals surface area (Å²) in [5.41, 5.74) is 1.42. The number of ether oxygens (including phenoxy) is 2. The molecule has 0 unspecified atom stereocenters. The van der Waals surface area contributed by atoms with Gasteiger partial charge in [-0.05, 0) is 6.07 Å². The van der Waals surface area contributed by atoms with Gasteiger partial charge in [-0.25, -0.2) is 4.39 Å². The van der Waals surface area contributed by atoms with Gasteiger partial charge in [0.15, 0.2) is 11.6 Å². The molecule has 0 bridgehead atoms. The molecule has 0 aromatic heterocycles. The lowest BCUT2D eigenvalue weighted by Crippen LogP contribution is -2.22. The van der Waals surface area contributed by atoms with Crippen molar-refractivity contribution in [2.45, 2.75) is 0 Å². The number of carbonyl (C=O) groups excluding carboxylic acids is 2. The summed E-state index contributed by atoms with van der Waals surface area (Å²) in [5, 5.41) is 0. The van der Waals surface area contributed by atoms with Crippen molar-refractivity contribution >= 4 is 11.6 Å². The Morgan fingerprint density at radius 2 is 1.48 bits per heavy atom. The number of fused-ring (bicyclic) bond motifs is 2. The highest BCUT2D eigenvalue weighted by Gasteiger charge is 2.31. The van der Waals surface area contributed by atoms with Gasteiger partial charge in [0.2, 0.25) is 0 Å². The lowest BCUT2D eigenvalue weighted by molar-refractivity contribution is 0.0880. The van der Waals surface area contributed by atoms with Crippen molar-refractivity contribution in [2.75, 3.05) is 26.5 Å². The summed E-state index contributed by atoms with van der Waals surface area (Å²) in [6.07, 6.45) is 0. The maximum atomic E-state index is 12.7. The fourth-order valence-electron chi connectivity index (χ4n) is 2.60. The SMILES string of the molecule is O=C1c2ccccc2C(=O)c2c(OCCOCCF)cccc21. The van der Waals surface area contributed by atoms with Gasteiger partial charge in [-0.3, -0.25) is 9.59 Å². The van der Waals surface area contributed by atoms with Crippen LogP contribution in [0, 0.1) is 0 Å². The Morgan fingerprint density at radius 3 is 2.22 bits per heavy atom. The van der Waals surface area contributed by atoms with E-state index in [4.69, 9.17) is 9.47 Å². The molecule has 5 heteroatoms. The fourth-order valence-corrected chi connectivity index (χ4v) is 2.60. The Morgan fingerprint density at radius 1 is 0.783 bits per heavy atom. The maximum absolute atomic E-state index is 12.7. The van der Waals surface area contributed by atoms with Gasteiger partial charge in [-0.2, -0.15) is 0 Å². The normalized spacial score (nSPS) is 12.7. The van der Waals surface area contributed by atoms with Crippen molar-refractivity contribution in [3.8, 4) is 5.75 Å². The molecule has 0 N–H and O–H groups in total. The Kier molecular flexibility index (Phi) is 4.48. The van der Waals surface area contributed by atoms with Crippen LogP contribution in [0.15, 0.2) is 42.5 Å². The van der Waals surface area contributed by atoms with E-state index < -0.39 is 6.67 Å². The minimum Gasteiger partial charge on any atom is -0.490 e. The van der Waals surface area contributed by atoms with Crippen LogP contribution in [0.1, 0.15) is 31.8 Å². The van der Waals surface area contributed by atoms with Crippen molar-refractivity contribution in [3.63, 3.8) is 0 Å². The second-order valence-electron chi connectivity index (χ2n) is 5.03. The molecule has 0 atom stereocenters. The van der Waals surface area contributed by atoms with Crippen LogP contribution in [-0.2, 0) is 4.74 Å². The molecule has 2 aromatic rings. The molecule has 1 aliphatic carbocycles. The number of carbonyl (C=O) groups is 2. The average Bonchev–Trinajstić information content (AvgIpc) is 2.59. The largest absolute Gasteiger partial charge is 0.490 e. The van der Waals surface area contributed by atoms with Gasteiger partial charge >= 0.3 is 0 Å². The summed E-state index contributed by atoms with van der Waals surface area (Å²) < 4.78 is 22.5. The van der Waals surface area contributed by atoms with E-state index in [0.29, 0.717) is 22.4 Å². The predicted octanol–water partition coefficient (Wildman–Crippen LogP) is 2.83. The van der Waals surface area contributed by atoms with Crippen molar-refractivity contribution in [1.29, 1.82) is 0 Å². The number of rotatable bonds is 6. The topological polar surface area (TPSA) is 52.6 Å². The van der Waals surface area contributed by atoms with Crippen LogP contribution in [0.4, 0.5) is 4.39 Å². The van der Waals surface area contributed by atoms with E-state index in [0.717, 1.165) is 0 Å². The second kappa shape index (κ2) is 6.71. The first-order chi connectivity index (χ1) is 11.2. The number of hydrogen-bond acceptors (Lipinski definition) is 4. The number of ketones is 2. The van der Waals surface area contributed by atoms with Crippen molar-refractivity contribution in [2.24, 2.45) is 0 Å². The smallest absolute Gasteiger partial charge is 0.198 e. The molecule has 118 valence electrons. The van der Waals surface area contributed by atoms with E-state index >= 15 is 0 Å². The van der Waals surface area contributed by atoms with Crippen molar-refractivity contribution in [1.82, 2.24) is 0 Å². The van der Waals surface area contributed by atoms with Crippen molar-refractivity contribution < 1.29 is 23.5 Å². The lowest BCUT2D eigenvalue weighted by atomic mass is 9.83. The lowest BCUT2D eigenvalue weighted by Gasteiger charge is -2.20. The molecular formula is C18H15FO4. The van der Waals surface area contributed by atoms with Crippen LogP contribution in [0.3, 0.4) is 0 Å². The quantitative estimate of drug-likeness (QED) is 0.657. The van der Waals surface area contributed by atoms with Crippen LogP contribution in [0.5, 0.6) is 5.75 Å². The maximum Gasteiger partial charge on any atom is 0.198 e. The third-order valence-corrected chi connectivity index (χ3v) is 3.62. The van der Waals surface area contributed by atoms with E-state index in [1.54, 1.807) is 42.5 Å². The minimum atomic E-state index is -0.551. The summed E-state index contributed by atoms with van der Waals surface area (Å²) in [5.74, 6) is -0.0657. The van der Waals surface area contributed by atoms with Gasteiger partial charge < -0.3 is 9.47 Å². The van der Waals surface area contributed by atoms with Gasteiger partial charge in [0.05, 0.1) is 18.8 Å². The molecule has 3 rings (SSSR count). The summed E-state index contributed by atoms with van der Waals surface area (Å²) >= 11 is 0. The number of alkyl halides is 1. The molecule has 1 aliphatic rings. The molecule has 0 saturated heterocycles. The monoisotopic (exact) mass is 314 g/mol. The van der Waals surface area contributed by atoms with Gasteiger partial charge in [0.25, 0.3) is 0 Å². The second-order valence-corrected chi connectivity index (χ2v) is 5.03. The summed E-state index contributed by atoms with van der Waals surface area (Å²) in [6, 6.07) is 11.7. The van der Waals surface area contributed by atoms with Crippen LogP contribution < -0.4 is 4.74 Å². The summed E-state index contributed by atoms with van der Waals surface area (Å²) in [7, 11) is 0. The zero-order chi connectivity index (χ0) is 16.2. The minimum absolute atomic E-state index is 0.0149. The Hall–Kier alpha value is -2.53. The molecule has 0 fully saturated rings. The summed E-state index contributed by atoms with van der Waals surface area (Å²) in [4.78, 5) is 25.2. The van der Waals surface area contributed by atoms with Crippen LogP contribution >= 0.6 is 0 Å². The van der Waals surface area contributed by atoms with Crippen molar-refractivity contribution in [3.05, 3.63) is 64.7 Å². The molecular weight excluding hydrogens is 299 g/mol. The number of benzene rings is 2. The standard InChI is InChI=1S/C18H15FO4/c19-8-9-22-10-11-23-15-7-3-6-14-16(15)18(21)13-5-2-1-4-12(13)17(14)20/h1-7H,8-11H2. The Labute approximate surface area is 132 Å². The van der Waals surface area contributed by atoms with Gasteiger partial charge in [0, 0.05) is 16.7 Å². The molecule has 0 amide bonds. The van der Waals surface area contributed by atoms with E-state index in [1.807, 2.05) is 0 Å². The zero-order valence-corrected chi connectivity index (χ0v) is 12.4. The zero-order valence-electron chi connectivity index (χ0n) is 12.4. The van der Waals surface area contributed by atoms with E-state index in [9.17, 15) is 14.0 Å². The van der Waals surface area contributed by atoms with Gasteiger partial charge in [-0.15, -0.1) is 0 Å². The van der Waals surface area contributed by atoms with Gasteiger partial charge in [-0.1, -0.05) is 36.4 Å². The molecule has 0 aliphatic heterocycles. The first kappa shape index (κ1) is 15.4. The Bertz CT molecular complexity index is 754. The number of halogens is 1. The van der Waals surface area contributed by atoms with E-state index in [2.05, 4.69) is 0 Å². The molecule has 2 aromatic carbocycles. The molecule has 0 saturated carbocycles. The third kappa shape index (κ3) is 2.87. The first-order valence-electron chi connectivity index (χ1n) is 7.32. The molecule has 0 heterocycles. The predicted molar refractivity (Wildman–Crippen MR) is 82.0 cm³/mol. The Balaban J connectivity index is 1.88. The summed E-state index contributed by atoms with van der Waals surface area (Å²) in [6.45, 7) is -0.141. The number of hydrogen-bond donors (Lipinski definition) is 0. The van der Waals surface area contributed by atoms with E-state index in [1.165, 1.54) is 0 Å². The molecule has 0 spiro atoms. The fraction of sp³-hybridized carbons (Fsp3) is 0.222. The average molecular weight is 314 g/mol.